The zero-order valence-corrected chi connectivity index (χ0v) is 15.0. The Morgan fingerprint density at radius 1 is 1.25 bits per heavy atom. The molecule has 0 spiro atoms. The molecule has 1 N–H and O–H groups in total. The number of hydrogen-bond donors (Lipinski definition) is 1. The first kappa shape index (κ1) is 18.1. The average molecular weight is 392 g/mol. The molecule has 6 nitrogen and oxygen atoms in total. The number of carbonyl (C=O) groups is 1. The summed E-state index contributed by atoms with van der Waals surface area (Å²) in [7, 11) is 1.82. The Morgan fingerprint density at radius 3 is 2.54 bits per heavy atom. The molecule has 0 aliphatic carbocycles. The molecule has 126 valence electrons. The second-order valence-electron chi connectivity index (χ2n) is 5.62. The van der Waals surface area contributed by atoms with Crippen LogP contribution in [0.3, 0.4) is 0 Å². The van der Waals surface area contributed by atoms with E-state index in [0.29, 0.717) is 6.54 Å². The summed E-state index contributed by atoms with van der Waals surface area (Å²) in [6.45, 7) is 2.52. The van der Waals surface area contributed by atoms with Gasteiger partial charge >= 0.3 is 0 Å². The van der Waals surface area contributed by atoms with Crippen LogP contribution in [0.15, 0.2) is 46.9 Å². The normalized spacial score (nSPS) is 10.7. The van der Waals surface area contributed by atoms with Crippen LogP contribution in [0, 0.1) is 17.0 Å². The molecule has 0 aliphatic heterocycles. The zero-order chi connectivity index (χ0) is 17.7. The van der Waals surface area contributed by atoms with Crippen molar-refractivity contribution in [1.82, 2.24) is 4.90 Å². The minimum atomic E-state index is -0.492. The van der Waals surface area contributed by atoms with Gasteiger partial charge in [0, 0.05) is 17.1 Å². The second kappa shape index (κ2) is 8.03. The minimum absolute atomic E-state index is 0.0982. The Balaban J connectivity index is 1.98. The SMILES string of the molecule is Cc1ccc(NC(=O)CN(C)Cc2ccc(Br)cc2)c([N+](=O)[O-])c1. The highest BCUT2D eigenvalue weighted by Crippen LogP contribution is 2.25. The number of rotatable bonds is 6. The van der Waals surface area contributed by atoms with Crippen LogP contribution in [0.5, 0.6) is 0 Å². The first-order valence-corrected chi connectivity index (χ1v) is 8.12. The Labute approximate surface area is 148 Å². The van der Waals surface area contributed by atoms with Gasteiger partial charge in [0.25, 0.3) is 5.69 Å². The van der Waals surface area contributed by atoms with Gasteiger partial charge in [-0.1, -0.05) is 34.1 Å². The maximum atomic E-state index is 12.1. The fourth-order valence-electron chi connectivity index (χ4n) is 2.29. The highest BCUT2D eigenvalue weighted by Gasteiger charge is 2.16. The second-order valence-corrected chi connectivity index (χ2v) is 6.54. The number of anilines is 1. The number of halogens is 1. The molecule has 2 aromatic carbocycles. The van der Waals surface area contributed by atoms with Crippen molar-refractivity contribution in [2.75, 3.05) is 18.9 Å². The summed E-state index contributed by atoms with van der Waals surface area (Å²) in [5, 5.41) is 13.7. The number of nitrogens with zero attached hydrogens (tertiary/aromatic N) is 2. The lowest BCUT2D eigenvalue weighted by atomic mass is 10.2. The van der Waals surface area contributed by atoms with Crippen molar-refractivity contribution in [2.24, 2.45) is 0 Å². The maximum Gasteiger partial charge on any atom is 0.293 e. The summed E-state index contributed by atoms with van der Waals surface area (Å²) in [6.07, 6.45) is 0. The molecule has 0 aromatic heterocycles. The van der Waals surface area contributed by atoms with Gasteiger partial charge in [0.1, 0.15) is 5.69 Å². The largest absolute Gasteiger partial charge is 0.319 e. The molecule has 0 bridgehead atoms. The number of hydrogen-bond acceptors (Lipinski definition) is 4. The Morgan fingerprint density at radius 2 is 1.92 bits per heavy atom. The lowest BCUT2D eigenvalue weighted by Gasteiger charge is -2.16. The van der Waals surface area contributed by atoms with Crippen molar-refractivity contribution in [3.63, 3.8) is 0 Å². The summed E-state index contributed by atoms with van der Waals surface area (Å²) < 4.78 is 0.998. The van der Waals surface area contributed by atoms with E-state index in [-0.39, 0.29) is 23.8 Å². The Hall–Kier alpha value is -2.25. The van der Waals surface area contributed by atoms with Crippen LogP contribution >= 0.6 is 15.9 Å². The number of nitro groups is 1. The number of aryl methyl sites for hydroxylation is 1. The molecule has 2 aromatic rings. The molecule has 0 atom stereocenters. The van der Waals surface area contributed by atoms with Crippen LogP contribution in [-0.4, -0.2) is 29.3 Å². The van der Waals surface area contributed by atoms with Gasteiger partial charge in [-0.15, -0.1) is 0 Å². The fraction of sp³-hybridized carbons (Fsp3) is 0.235. The molecule has 2 rings (SSSR count). The molecule has 0 heterocycles. The predicted molar refractivity (Wildman–Crippen MR) is 96.9 cm³/mol. The van der Waals surface area contributed by atoms with Crippen LogP contribution in [0.4, 0.5) is 11.4 Å². The molecule has 0 radical (unpaired) electrons. The molecule has 7 heteroatoms. The number of benzene rings is 2. The van der Waals surface area contributed by atoms with Gasteiger partial charge in [-0.25, -0.2) is 0 Å². The van der Waals surface area contributed by atoms with Crippen molar-refractivity contribution in [3.8, 4) is 0 Å². The van der Waals surface area contributed by atoms with Crippen molar-refractivity contribution >= 4 is 33.2 Å². The molecule has 0 fully saturated rings. The summed E-state index contributed by atoms with van der Waals surface area (Å²) in [6, 6.07) is 12.6. The summed E-state index contributed by atoms with van der Waals surface area (Å²) in [5.74, 6) is -0.290. The van der Waals surface area contributed by atoms with E-state index in [1.54, 1.807) is 19.1 Å². The van der Waals surface area contributed by atoms with Gasteiger partial charge in [0.2, 0.25) is 5.91 Å². The minimum Gasteiger partial charge on any atom is -0.319 e. The van der Waals surface area contributed by atoms with Crippen molar-refractivity contribution in [2.45, 2.75) is 13.5 Å². The molecule has 0 saturated heterocycles. The smallest absolute Gasteiger partial charge is 0.293 e. The van der Waals surface area contributed by atoms with Crippen LogP contribution in [-0.2, 0) is 11.3 Å². The van der Waals surface area contributed by atoms with Crippen molar-refractivity contribution in [1.29, 1.82) is 0 Å². The summed E-state index contributed by atoms with van der Waals surface area (Å²) >= 11 is 3.38. The molecule has 0 unspecified atom stereocenters. The van der Waals surface area contributed by atoms with Crippen molar-refractivity contribution < 1.29 is 9.72 Å². The Kier molecular flexibility index (Phi) is 6.05. The van der Waals surface area contributed by atoms with E-state index in [1.165, 1.54) is 6.07 Å². The lowest BCUT2D eigenvalue weighted by Crippen LogP contribution is -2.30. The molecule has 1 amide bonds. The van der Waals surface area contributed by atoms with Gasteiger partial charge in [0.15, 0.2) is 0 Å². The van der Waals surface area contributed by atoms with Gasteiger partial charge in [0.05, 0.1) is 11.5 Å². The first-order chi connectivity index (χ1) is 11.3. The first-order valence-electron chi connectivity index (χ1n) is 7.33. The zero-order valence-electron chi connectivity index (χ0n) is 13.5. The summed E-state index contributed by atoms with van der Waals surface area (Å²) in [5.41, 5.74) is 1.97. The van der Waals surface area contributed by atoms with Gasteiger partial charge in [-0.3, -0.25) is 19.8 Å². The van der Waals surface area contributed by atoms with E-state index in [9.17, 15) is 14.9 Å². The number of likely N-dealkylation sites (N-methyl/N-ethyl adjacent to an activating group) is 1. The van der Waals surface area contributed by atoms with Gasteiger partial charge in [-0.05, 0) is 43.3 Å². The number of nitro benzene ring substituents is 1. The van der Waals surface area contributed by atoms with Crippen LogP contribution in [0.1, 0.15) is 11.1 Å². The van der Waals surface area contributed by atoms with E-state index in [2.05, 4.69) is 21.2 Å². The van der Waals surface area contributed by atoms with Crippen LogP contribution < -0.4 is 5.32 Å². The monoisotopic (exact) mass is 391 g/mol. The molecule has 24 heavy (non-hydrogen) atoms. The molecular weight excluding hydrogens is 374 g/mol. The van der Waals surface area contributed by atoms with Crippen molar-refractivity contribution in [3.05, 3.63) is 68.2 Å². The van der Waals surface area contributed by atoms with E-state index in [4.69, 9.17) is 0 Å². The fourth-order valence-corrected chi connectivity index (χ4v) is 2.56. The van der Waals surface area contributed by atoms with Gasteiger partial charge < -0.3 is 5.32 Å². The topological polar surface area (TPSA) is 75.5 Å². The van der Waals surface area contributed by atoms with E-state index >= 15 is 0 Å². The lowest BCUT2D eigenvalue weighted by molar-refractivity contribution is -0.384. The number of nitrogens with one attached hydrogen (secondary N) is 1. The molecular formula is C17H18BrN3O3. The Bertz CT molecular complexity index is 747. The number of carbonyl (C=O) groups excluding carboxylic acids is 1. The molecule has 0 saturated carbocycles. The molecule has 0 aliphatic rings. The standard InChI is InChI=1S/C17H18BrN3O3/c1-12-3-8-15(16(9-12)21(23)24)19-17(22)11-20(2)10-13-4-6-14(18)7-5-13/h3-9H,10-11H2,1-2H3,(H,19,22). The van der Waals surface area contributed by atoms with E-state index in [1.807, 2.05) is 36.2 Å². The average Bonchev–Trinajstić information content (AvgIpc) is 2.51. The quantitative estimate of drug-likeness (QED) is 0.600. The third kappa shape index (κ3) is 5.14. The summed E-state index contributed by atoms with van der Waals surface area (Å²) in [4.78, 5) is 24.6. The van der Waals surface area contributed by atoms with E-state index < -0.39 is 4.92 Å². The van der Waals surface area contributed by atoms with Crippen LogP contribution in [0.25, 0.3) is 0 Å². The third-order valence-electron chi connectivity index (χ3n) is 3.40. The number of amides is 1. The predicted octanol–water partition coefficient (Wildman–Crippen LogP) is 3.74. The van der Waals surface area contributed by atoms with Gasteiger partial charge in [-0.2, -0.15) is 0 Å². The van der Waals surface area contributed by atoms with Crippen LogP contribution in [0.2, 0.25) is 0 Å². The maximum absolute atomic E-state index is 12.1. The van der Waals surface area contributed by atoms with E-state index in [0.717, 1.165) is 15.6 Å². The highest BCUT2D eigenvalue weighted by atomic mass is 79.9. The highest BCUT2D eigenvalue weighted by molar-refractivity contribution is 9.10. The third-order valence-corrected chi connectivity index (χ3v) is 3.93.